The van der Waals surface area contributed by atoms with Gasteiger partial charge in [-0.1, -0.05) is 11.3 Å². The van der Waals surface area contributed by atoms with Gasteiger partial charge in [-0.25, -0.2) is 4.79 Å². The van der Waals surface area contributed by atoms with Gasteiger partial charge in [-0.05, 0) is 33.2 Å². The van der Waals surface area contributed by atoms with Crippen LogP contribution < -0.4 is 10.6 Å². The van der Waals surface area contributed by atoms with Crippen LogP contribution in [0.15, 0.2) is 22.8 Å². The second-order valence-electron chi connectivity index (χ2n) is 4.46. The Labute approximate surface area is 121 Å². The van der Waals surface area contributed by atoms with Gasteiger partial charge in [-0.2, -0.15) is 0 Å². The van der Waals surface area contributed by atoms with Gasteiger partial charge in [0.2, 0.25) is 5.13 Å². The molecule has 0 aliphatic rings. The number of amides is 2. The van der Waals surface area contributed by atoms with Crippen molar-refractivity contribution in [2.24, 2.45) is 0 Å². The number of nitrogens with one attached hydrogen (secondary N) is 2. The number of nitrogens with zero attached hydrogens (tertiary/aromatic N) is 3. The molecule has 2 heterocycles. The van der Waals surface area contributed by atoms with E-state index < -0.39 is 0 Å². The number of anilines is 1. The van der Waals surface area contributed by atoms with Crippen LogP contribution >= 0.6 is 11.3 Å². The number of urea groups is 1. The Morgan fingerprint density at radius 1 is 1.50 bits per heavy atom. The maximum Gasteiger partial charge on any atom is 0.321 e. The molecule has 0 aliphatic heterocycles. The molecule has 108 valence electrons. The fourth-order valence-electron chi connectivity index (χ4n) is 1.70. The molecule has 0 aromatic carbocycles. The van der Waals surface area contributed by atoms with Gasteiger partial charge in [0.05, 0.1) is 12.3 Å². The molecule has 2 aromatic heterocycles. The highest BCUT2D eigenvalue weighted by Gasteiger charge is 2.18. The molecular weight excluding hydrogens is 278 g/mol. The first-order valence-corrected chi connectivity index (χ1v) is 6.92. The standard InChI is InChI=1S/C12H17N5O2S/c1-8-15-16-12(20-8)14-11(18)13-7-9(17(2)3)10-5-4-6-19-10/h4-6,9H,7H2,1-3H3,(H2,13,14,16,18). The van der Waals surface area contributed by atoms with Crippen molar-refractivity contribution < 1.29 is 9.21 Å². The largest absolute Gasteiger partial charge is 0.468 e. The Balaban J connectivity index is 1.88. The predicted octanol–water partition coefficient (Wildman–Crippen LogP) is 1.86. The fourth-order valence-corrected chi connectivity index (χ4v) is 2.28. The third kappa shape index (κ3) is 3.78. The first-order chi connectivity index (χ1) is 9.56. The molecule has 0 radical (unpaired) electrons. The molecule has 0 saturated carbocycles. The number of carbonyl (C=O) groups excluding carboxylic acids is 1. The molecule has 20 heavy (non-hydrogen) atoms. The van der Waals surface area contributed by atoms with Gasteiger partial charge in [-0.3, -0.25) is 10.2 Å². The van der Waals surface area contributed by atoms with Crippen LogP contribution in [0.4, 0.5) is 9.93 Å². The van der Waals surface area contributed by atoms with Crippen molar-refractivity contribution in [1.29, 1.82) is 0 Å². The minimum absolute atomic E-state index is 0.0214. The number of rotatable bonds is 5. The van der Waals surface area contributed by atoms with Crippen LogP contribution in [0.5, 0.6) is 0 Å². The number of aromatic nitrogens is 2. The van der Waals surface area contributed by atoms with E-state index in [0.717, 1.165) is 10.8 Å². The number of carbonyl (C=O) groups is 1. The van der Waals surface area contributed by atoms with Crippen LogP contribution in [0.3, 0.4) is 0 Å². The lowest BCUT2D eigenvalue weighted by atomic mass is 10.2. The second kappa shape index (κ2) is 6.49. The molecule has 0 saturated heterocycles. The number of likely N-dealkylation sites (N-methyl/N-ethyl adjacent to an activating group) is 1. The summed E-state index contributed by atoms with van der Waals surface area (Å²) in [7, 11) is 3.86. The summed E-state index contributed by atoms with van der Waals surface area (Å²) in [5.74, 6) is 0.807. The van der Waals surface area contributed by atoms with Gasteiger partial charge < -0.3 is 9.73 Å². The Morgan fingerprint density at radius 2 is 2.30 bits per heavy atom. The van der Waals surface area contributed by atoms with E-state index in [4.69, 9.17) is 4.42 Å². The zero-order chi connectivity index (χ0) is 14.5. The van der Waals surface area contributed by atoms with Gasteiger partial charge >= 0.3 is 6.03 Å². The minimum Gasteiger partial charge on any atom is -0.468 e. The van der Waals surface area contributed by atoms with Crippen molar-refractivity contribution in [3.05, 3.63) is 29.2 Å². The third-order valence-electron chi connectivity index (χ3n) is 2.70. The van der Waals surface area contributed by atoms with Crippen molar-refractivity contribution in [2.45, 2.75) is 13.0 Å². The molecule has 0 spiro atoms. The summed E-state index contributed by atoms with van der Waals surface area (Å²) in [4.78, 5) is 13.8. The van der Waals surface area contributed by atoms with Crippen LogP contribution in [0.1, 0.15) is 16.8 Å². The van der Waals surface area contributed by atoms with Crippen molar-refractivity contribution >= 4 is 22.5 Å². The van der Waals surface area contributed by atoms with Crippen molar-refractivity contribution in [1.82, 2.24) is 20.4 Å². The van der Waals surface area contributed by atoms with Crippen molar-refractivity contribution in [3.8, 4) is 0 Å². The molecule has 7 nitrogen and oxygen atoms in total. The van der Waals surface area contributed by atoms with Crippen molar-refractivity contribution in [2.75, 3.05) is 26.0 Å². The van der Waals surface area contributed by atoms with Crippen molar-refractivity contribution in [3.63, 3.8) is 0 Å². The zero-order valence-electron chi connectivity index (χ0n) is 11.6. The van der Waals surface area contributed by atoms with E-state index in [-0.39, 0.29) is 12.1 Å². The van der Waals surface area contributed by atoms with E-state index in [1.165, 1.54) is 11.3 Å². The maximum atomic E-state index is 11.8. The lowest BCUT2D eigenvalue weighted by Gasteiger charge is -2.22. The van der Waals surface area contributed by atoms with Crippen LogP contribution in [-0.2, 0) is 0 Å². The number of hydrogen-bond acceptors (Lipinski definition) is 6. The molecule has 0 fully saturated rings. The van der Waals surface area contributed by atoms with Gasteiger partial charge in [0.15, 0.2) is 0 Å². The molecule has 2 aromatic rings. The van der Waals surface area contributed by atoms with E-state index >= 15 is 0 Å². The second-order valence-corrected chi connectivity index (χ2v) is 5.64. The van der Waals surface area contributed by atoms with Gasteiger partial charge in [0, 0.05) is 6.54 Å². The topological polar surface area (TPSA) is 83.3 Å². The van der Waals surface area contributed by atoms with E-state index in [0.29, 0.717) is 11.7 Å². The molecule has 1 unspecified atom stereocenters. The van der Waals surface area contributed by atoms with Crippen LogP contribution in [0, 0.1) is 6.92 Å². The summed E-state index contributed by atoms with van der Waals surface area (Å²) in [6, 6.07) is 3.39. The van der Waals surface area contributed by atoms with E-state index in [1.54, 1.807) is 6.26 Å². The average molecular weight is 295 g/mol. The Morgan fingerprint density at radius 3 is 2.85 bits per heavy atom. The average Bonchev–Trinajstić information content (AvgIpc) is 3.01. The minimum atomic E-state index is -0.306. The summed E-state index contributed by atoms with van der Waals surface area (Å²) in [5, 5.41) is 14.4. The summed E-state index contributed by atoms with van der Waals surface area (Å²) in [5.41, 5.74) is 0. The highest BCUT2D eigenvalue weighted by Crippen LogP contribution is 2.18. The Kier molecular flexibility index (Phi) is 4.70. The van der Waals surface area contributed by atoms with Crippen LogP contribution in [-0.4, -0.2) is 41.8 Å². The smallest absolute Gasteiger partial charge is 0.321 e. The lowest BCUT2D eigenvalue weighted by Crippen LogP contribution is -2.36. The molecular formula is C12H17N5O2S. The summed E-state index contributed by atoms with van der Waals surface area (Å²) >= 11 is 1.33. The highest BCUT2D eigenvalue weighted by molar-refractivity contribution is 7.15. The first kappa shape index (κ1) is 14.5. The number of furan rings is 1. The van der Waals surface area contributed by atoms with Gasteiger partial charge in [0.1, 0.15) is 10.8 Å². The third-order valence-corrected chi connectivity index (χ3v) is 3.45. The predicted molar refractivity (Wildman–Crippen MR) is 76.8 cm³/mol. The Bertz CT molecular complexity index is 552. The highest BCUT2D eigenvalue weighted by atomic mass is 32.1. The summed E-state index contributed by atoms with van der Waals surface area (Å²) in [6.07, 6.45) is 1.62. The normalized spacial score (nSPS) is 12.4. The SMILES string of the molecule is Cc1nnc(NC(=O)NCC(c2ccco2)N(C)C)s1. The van der Waals surface area contributed by atoms with E-state index in [9.17, 15) is 4.79 Å². The maximum absolute atomic E-state index is 11.8. The van der Waals surface area contributed by atoms with E-state index in [1.807, 2.05) is 38.1 Å². The molecule has 2 rings (SSSR count). The molecule has 2 N–H and O–H groups in total. The lowest BCUT2D eigenvalue weighted by molar-refractivity contribution is 0.233. The van der Waals surface area contributed by atoms with Crippen LogP contribution in [0.25, 0.3) is 0 Å². The summed E-state index contributed by atoms with van der Waals surface area (Å²) in [6.45, 7) is 2.27. The Hall–Kier alpha value is -1.93. The fraction of sp³-hybridized carbons (Fsp3) is 0.417. The number of aryl methyl sites for hydroxylation is 1. The molecule has 0 aliphatic carbocycles. The van der Waals surface area contributed by atoms with E-state index in [2.05, 4.69) is 20.8 Å². The zero-order valence-corrected chi connectivity index (χ0v) is 12.4. The molecule has 2 amide bonds. The van der Waals surface area contributed by atoms with Crippen LogP contribution in [0.2, 0.25) is 0 Å². The molecule has 1 atom stereocenters. The molecule has 0 bridgehead atoms. The van der Waals surface area contributed by atoms with Gasteiger partial charge in [0.25, 0.3) is 0 Å². The quantitative estimate of drug-likeness (QED) is 0.879. The molecule has 8 heteroatoms. The first-order valence-electron chi connectivity index (χ1n) is 6.11. The van der Waals surface area contributed by atoms with Gasteiger partial charge in [-0.15, -0.1) is 10.2 Å². The summed E-state index contributed by atoms with van der Waals surface area (Å²) < 4.78 is 5.38. The number of hydrogen-bond donors (Lipinski definition) is 2. The monoisotopic (exact) mass is 295 g/mol.